The minimum absolute atomic E-state index is 0.0917. The molecule has 3 aromatic carbocycles. The second-order valence-corrected chi connectivity index (χ2v) is 12.0. The minimum atomic E-state index is -1.06. The molecule has 1 saturated heterocycles. The van der Waals surface area contributed by atoms with Gasteiger partial charge in [0.05, 0.1) is 22.5 Å². The molecular formula is C30H29Cl2FN3O4P. The molecule has 3 aromatic rings. The van der Waals surface area contributed by atoms with E-state index in [2.05, 4.69) is 14.7 Å². The van der Waals surface area contributed by atoms with Crippen LogP contribution in [0.15, 0.2) is 60.7 Å². The van der Waals surface area contributed by atoms with Gasteiger partial charge in [0.1, 0.15) is 5.82 Å². The second kappa shape index (κ2) is 12.1. The van der Waals surface area contributed by atoms with Gasteiger partial charge in [0.25, 0.3) is 0 Å². The molecule has 0 radical (unpaired) electrons. The predicted octanol–water partition coefficient (Wildman–Crippen LogP) is 6.40. The topological polar surface area (TPSA) is 90.0 Å². The molecule has 0 aromatic heterocycles. The number of hydrogen-bond acceptors (Lipinski definition) is 4. The predicted molar refractivity (Wildman–Crippen MR) is 161 cm³/mol. The van der Waals surface area contributed by atoms with Gasteiger partial charge < -0.3 is 10.4 Å². The average Bonchev–Trinajstić information content (AvgIpc) is 3.67. The number of anilines is 2. The van der Waals surface area contributed by atoms with Crippen molar-refractivity contribution in [1.82, 2.24) is 4.90 Å². The lowest BCUT2D eigenvalue weighted by molar-refractivity contribution is -0.121. The summed E-state index contributed by atoms with van der Waals surface area (Å²) in [6.07, 6.45) is 2.05. The molecule has 1 aliphatic heterocycles. The van der Waals surface area contributed by atoms with E-state index >= 15 is 4.39 Å². The van der Waals surface area contributed by atoms with Gasteiger partial charge in [-0.15, -0.1) is 0 Å². The van der Waals surface area contributed by atoms with Crippen molar-refractivity contribution in [2.45, 2.75) is 31.7 Å². The fourth-order valence-electron chi connectivity index (χ4n) is 5.60. The minimum Gasteiger partial charge on any atom is -0.478 e. The summed E-state index contributed by atoms with van der Waals surface area (Å²) in [4.78, 5) is 41.5. The molecule has 41 heavy (non-hydrogen) atoms. The van der Waals surface area contributed by atoms with Gasteiger partial charge >= 0.3 is 5.97 Å². The molecule has 1 saturated carbocycles. The number of benzene rings is 3. The Labute approximate surface area is 249 Å². The van der Waals surface area contributed by atoms with Crippen molar-refractivity contribution in [1.29, 1.82) is 0 Å². The third kappa shape index (κ3) is 6.26. The largest absolute Gasteiger partial charge is 0.478 e. The van der Waals surface area contributed by atoms with Crippen molar-refractivity contribution in [3.63, 3.8) is 0 Å². The van der Waals surface area contributed by atoms with Crippen LogP contribution in [-0.2, 0) is 9.59 Å². The zero-order valence-corrected chi connectivity index (χ0v) is 24.9. The Kier molecular flexibility index (Phi) is 8.67. The molecule has 2 amide bonds. The van der Waals surface area contributed by atoms with Crippen LogP contribution in [0.1, 0.15) is 40.2 Å². The Hall–Kier alpha value is -3.03. The molecule has 1 heterocycles. The third-order valence-corrected chi connectivity index (χ3v) is 8.84. The Bertz CT molecular complexity index is 1520. The van der Waals surface area contributed by atoms with Gasteiger partial charge in [-0.2, -0.15) is 0 Å². The van der Waals surface area contributed by atoms with Crippen LogP contribution in [0.25, 0.3) is 0 Å². The maximum Gasteiger partial charge on any atom is 0.335 e. The highest BCUT2D eigenvalue weighted by Gasteiger charge is 2.52. The molecule has 7 nitrogen and oxygen atoms in total. The van der Waals surface area contributed by atoms with Crippen molar-refractivity contribution >= 4 is 61.8 Å². The van der Waals surface area contributed by atoms with Crippen LogP contribution in [0.5, 0.6) is 0 Å². The van der Waals surface area contributed by atoms with Gasteiger partial charge in [-0.05, 0) is 88.7 Å². The third-order valence-electron chi connectivity index (χ3n) is 7.76. The highest BCUT2D eigenvalue weighted by Crippen LogP contribution is 2.45. The number of aryl methyl sites for hydroxylation is 1. The summed E-state index contributed by atoms with van der Waals surface area (Å²) in [5.41, 5.74) is 1.78. The zero-order valence-electron chi connectivity index (χ0n) is 22.2. The molecule has 5 rings (SSSR count). The number of nitrogens with zero attached hydrogens (tertiary/aromatic N) is 2. The van der Waals surface area contributed by atoms with Crippen LogP contribution in [0.4, 0.5) is 15.8 Å². The van der Waals surface area contributed by atoms with Crippen LogP contribution < -0.4 is 9.99 Å². The molecule has 11 heteroatoms. The number of carboxylic acid groups (broad SMARTS) is 1. The number of rotatable bonds is 8. The lowest BCUT2D eigenvalue weighted by Crippen LogP contribution is -2.43. The smallest absolute Gasteiger partial charge is 0.335 e. The van der Waals surface area contributed by atoms with Crippen LogP contribution in [0.2, 0.25) is 10.0 Å². The van der Waals surface area contributed by atoms with Gasteiger partial charge in [0.15, 0.2) is 0 Å². The van der Waals surface area contributed by atoms with Crippen LogP contribution in [-0.4, -0.2) is 46.9 Å². The normalized spacial score (nSPS) is 20.6. The summed E-state index contributed by atoms with van der Waals surface area (Å²) >= 11 is 12.3. The fourth-order valence-corrected chi connectivity index (χ4v) is 6.32. The van der Waals surface area contributed by atoms with Crippen molar-refractivity contribution < 1.29 is 23.9 Å². The maximum atomic E-state index is 15.6. The summed E-state index contributed by atoms with van der Waals surface area (Å²) < 4.78 is 17.0. The second-order valence-electron chi connectivity index (χ2n) is 10.6. The Balaban J connectivity index is 1.55. The number of carboxylic acids is 1. The molecule has 214 valence electrons. The van der Waals surface area contributed by atoms with Gasteiger partial charge in [-0.3, -0.25) is 19.2 Å². The fraction of sp³-hybridized carbons (Fsp3) is 0.300. The van der Waals surface area contributed by atoms with Crippen LogP contribution in [0, 0.1) is 24.6 Å². The summed E-state index contributed by atoms with van der Waals surface area (Å²) in [6, 6.07) is 15.1. The molecule has 2 fully saturated rings. The zero-order chi connectivity index (χ0) is 29.4. The van der Waals surface area contributed by atoms with E-state index in [1.165, 1.54) is 16.8 Å². The van der Waals surface area contributed by atoms with E-state index in [9.17, 15) is 19.5 Å². The first-order valence-corrected chi connectivity index (χ1v) is 14.5. The van der Waals surface area contributed by atoms with E-state index < -0.39 is 29.7 Å². The summed E-state index contributed by atoms with van der Waals surface area (Å²) in [6.45, 7) is 2.49. The molecule has 2 aliphatic rings. The van der Waals surface area contributed by atoms with E-state index in [4.69, 9.17) is 23.2 Å². The first-order chi connectivity index (χ1) is 19.5. The Morgan fingerprint density at radius 2 is 1.83 bits per heavy atom. The molecule has 2 N–H and O–H groups in total. The number of hydrogen-bond donors (Lipinski definition) is 2. The molecule has 0 bridgehead atoms. The van der Waals surface area contributed by atoms with Gasteiger partial charge in [0.2, 0.25) is 11.8 Å². The SMILES string of the molecule is Cc1cc(N(P)C(=O)[C@@H]2CN(CC3CC3)C(C(=O)Nc3cccc(Cl)c3)[C@H]2c2cccc(Cl)c2F)ccc1C(=O)O. The van der Waals surface area contributed by atoms with E-state index in [-0.39, 0.29) is 34.5 Å². The van der Waals surface area contributed by atoms with Crippen molar-refractivity contribution in [2.24, 2.45) is 11.8 Å². The highest BCUT2D eigenvalue weighted by molar-refractivity contribution is 7.21. The lowest BCUT2D eigenvalue weighted by atomic mass is 9.82. The van der Waals surface area contributed by atoms with E-state index in [0.29, 0.717) is 34.4 Å². The average molecular weight is 616 g/mol. The van der Waals surface area contributed by atoms with Crippen LogP contribution in [0.3, 0.4) is 0 Å². The summed E-state index contributed by atoms with van der Waals surface area (Å²) in [7, 11) is 2.39. The number of likely N-dealkylation sites (tertiary alicyclic amines) is 1. The van der Waals surface area contributed by atoms with Crippen molar-refractivity contribution in [2.75, 3.05) is 23.1 Å². The maximum absolute atomic E-state index is 15.6. The molecule has 2 unspecified atom stereocenters. The van der Waals surface area contributed by atoms with Gasteiger partial charge in [0, 0.05) is 35.4 Å². The number of nitrogens with one attached hydrogen (secondary N) is 1. The molecular weight excluding hydrogens is 587 g/mol. The number of carbonyl (C=O) groups excluding carboxylic acids is 2. The molecule has 4 atom stereocenters. The first kappa shape index (κ1) is 29.5. The van der Waals surface area contributed by atoms with E-state index in [1.807, 2.05) is 4.90 Å². The monoisotopic (exact) mass is 615 g/mol. The van der Waals surface area contributed by atoms with Crippen molar-refractivity contribution in [3.8, 4) is 0 Å². The first-order valence-electron chi connectivity index (χ1n) is 13.2. The Morgan fingerprint density at radius 1 is 1.10 bits per heavy atom. The molecule has 0 spiro atoms. The molecule has 1 aliphatic carbocycles. The van der Waals surface area contributed by atoms with Crippen molar-refractivity contribution in [3.05, 3.63) is 93.2 Å². The Morgan fingerprint density at radius 3 is 2.49 bits per heavy atom. The summed E-state index contributed by atoms with van der Waals surface area (Å²) in [5.74, 6) is -3.69. The standard InChI is InChI=1S/C30H29Cl2FN3O4P/c1-16-12-20(10-11-21(16)30(39)40)36(41)29(38)23-15-35(14-17-8-9-17)27(25(23)22-6-3-7-24(32)26(22)33)28(37)34-19-5-2-4-18(31)13-19/h2-7,10-13,17,23,25,27H,8-9,14-15,41H2,1H3,(H,34,37)(H,39,40)/t23-,25+,27?/m1/s1. The van der Waals surface area contributed by atoms with E-state index in [1.54, 1.807) is 55.5 Å². The van der Waals surface area contributed by atoms with Gasteiger partial charge in [-0.1, -0.05) is 41.4 Å². The number of halogens is 3. The lowest BCUT2D eigenvalue weighted by Gasteiger charge is -2.29. The number of carbonyl (C=O) groups is 3. The van der Waals surface area contributed by atoms with Crippen LogP contribution >= 0.6 is 32.6 Å². The number of aromatic carboxylic acids is 1. The highest BCUT2D eigenvalue weighted by atomic mass is 35.5. The quantitative estimate of drug-likeness (QED) is 0.286. The number of amides is 2. The van der Waals surface area contributed by atoms with E-state index in [0.717, 1.165) is 12.8 Å². The van der Waals surface area contributed by atoms with Gasteiger partial charge in [-0.25, -0.2) is 9.18 Å². The summed E-state index contributed by atoms with van der Waals surface area (Å²) in [5, 5.41) is 12.7.